The number of rotatable bonds is 6. The molecule has 0 aromatic carbocycles. The molecule has 5 heteroatoms. The standard InChI is InChI=1S/C9H15N3OS/c1-8-6-11-9(12-7-8)14-5-4-13-3-2-10/h6-7H,2-5,10H2,1H3. The van der Waals surface area contributed by atoms with Gasteiger partial charge in [-0.15, -0.1) is 0 Å². The van der Waals surface area contributed by atoms with Crippen molar-refractivity contribution in [3.8, 4) is 0 Å². The third kappa shape index (κ3) is 4.55. The van der Waals surface area contributed by atoms with Crippen LogP contribution in [0.2, 0.25) is 0 Å². The molecule has 2 N–H and O–H groups in total. The van der Waals surface area contributed by atoms with Crippen LogP contribution in [0.25, 0.3) is 0 Å². The number of aryl methyl sites for hydroxylation is 1. The van der Waals surface area contributed by atoms with Crippen LogP contribution < -0.4 is 5.73 Å². The van der Waals surface area contributed by atoms with E-state index in [1.165, 1.54) is 0 Å². The second kappa shape index (κ2) is 6.75. The molecule has 1 heterocycles. The normalized spacial score (nSPS) is 10.4. The van der Waals surface area contributed by atoms with Gasteiger partial charge in [-0.3, -0.25) is 0 Å². The zero-order chi connectivity index (χ0) is 10.2. The van der Waals surface area contributed by atoms with E-state index in [9.17, 15) is 0 Å². The maximum absolute atomic E-state index is 5.28. The van der Waals surface area contributed by atoms with Crippen molar-refractivity contribution in [1.82, 2.24) is 9.97 Å². The Hall–Kier alpha value is -0.650. The number of hydrogen-bond acceptors (Lipinski definition) is 5. The van der Waals surface area contributed by atoms with Gasteiger partial charge in [-0.25, -0.2) is 9.97 Å². The first-order valence-electron chi connectivity index (χ1n) is 4.52. The zero-order valence-electron chi connectivity index (χ0n) is 8.27. The highest BCUT2D eigenvalue weighted by Gasteiger charge is 1.96. The molecule has 0 atom stereocenters. The number of ether oxygens (including phenoxy) is 1. The topological polar surface area (TPSA) is 61.0 Å². The molecule has 0 saturated heterocycles. The van der Waals surface area contributed by atoms with Crippen LogP contribution >= 0.6 is 11.8 Å². The lowest BCUT2D eigenvalue weighted by Gasteiger charge is -2.01. The number of thioether (sulfide) groups is 1. The molecule has 0 saturated carbocycles. The molecule has 0 unspecified atom stereocenters. The van der Waals surface area contributed by atoms with Gasteiger partial charge in [0.1, 0.15) is 0 Å². The Kier molecular flexibility index (Phi) is 5.51. The van der Waals surface area contributed by atoms with Gasteiger partial charge < -0.3 is 10.5 Å². The van der Waals surface area contributed by atoms with Crippen molar-refractivity contribution < 1.29 is 4.74 Å². The molecule has 0 aliphatic rings. The van der Waals surface area contributed by atoms with Crippen molar-refractivity contribution in [2.24, 2.45) is 5.73 Å². The van der Waals surface area contributed by atoms with Gasteiger partial charge in [-0.05, 0) is 12.5 Å². The minimum atomic E-state index is 0.575. The van der Waals surface area contributed by atoms with Gasteiger partial charge in [0.2, 0.25) is 0 Å². The molecule has 0 radical (unpaired) electrons. The van der Waals surface area contributed by atoms with Crippen LogP contribution in [0.1, 0.15) is 5.56 Å². The van der Waals surface area contributed by atoms with Gasteiger partial charge in [0.15, 0.2) is 5.16 Å². The Labute approximate surface area is 88.3 Å². The first-order valence-corrected chi connectivity index (χ1v) is 5.50. The number of hydrogen-bond donors (Lipinski definition) is 1. The molecule has 4 nitrogen and oxygen atoms in total. The summed E-state index contributed by atoms with van der Waals surface area (Å²) in [6.07, 6.45) is 3.63. The van der Waals surface area contributed by atoms with Crippen LogP contribution in [0.4, 0.5) is 0 Å². The number of aromatic nitrogens is 2. The molecule has 0 amide bonds. The fraction of sp³-hybridized carbons (Fsp3) is 0.556. The van der Waals surface area contributed by atoms with E-state index < -0.39 is 0 Å². The van der Waals surface area contributed by atoms with Crippen LogP contribution in [0.3, 0.4) is 0 Å². The maximum atomic E-state index is 5.28. The summed E-state index contributed by atoms with van der Waals surface area (Å²) in [6.45, 7) is 3.86. The molecule has 78 valence electrons. The quantitative estimate of drug-likeness (QED) is 0.431. The summed E-state index contributed by atoms with van der Waals surface area (Å²) in [5, 5.41) is 0.798. The van der Waals surface area contributed by atoms with E-state index in [0.29, 0.717) is 19.8 Å². The third-order valence-corrected chi connectivity index (χ3v) is 2.32. The van der Waals surface area contributed by atoms with Crippen LogP contribution in [-0.4, -0.2) is 35.5 Å². The monoisotopic (exact) mass is 213 g/mol. The predicted octanol–water partition coefficient (Wildman–Crippen LogP) is 0.852. The minimum Gasteiger partial charge on any atom is -0.379 e. The summed E-state index contributed by atoms with van der Waals surface area (Å²) in [5.41, 5.74) is 6.36. The van der Waals surface area contributed by atoms with Gasteiger partial charge in [0.25, 0.3) is 0 Å². The van der Waals surface area contributed by atoms with Gasteiger partial charge in [-0.2, -0.15) is 0 Å². The highest BCUT2D eigenvalue weighted by atomic mass is 32.2. The van der Waals surface area contributed by atoms with Crippen LogP contribution in [0.5, 0.6) is 0 Å². The zero-order valence-corrected chi connectivity index (χ0v) is 9.09. The first kappa shape index (κ1) is 11.4. The Morgan fingerprint density at radius 1 is 1.36 bits per heavy atom. The first-order chi connectivity index (χ1) is 6.83. The molecule has 1 aromatic rings. The molecule has 1 aromatic heterocycles. The summed E-state index contributed by atoms with van der Waals surface area (Å²) in [7, 11) is 0. The molecular formula is C9H15N3OS. The highest BCUT2D eigenvalue weighted by Crippen LogP contribution is 2.10. The van der Waals surface area contributed by atoms with E-state index in [0.717, 1.165) is 16.5 Å². The molecule has 0 spiro atoms. The van der Waals surface area contributed by atoms with Crippen molar-refractivity contribution in [2.45, 2.75) is 12.1 Å². The second-order valence-electron chi connectivity index (χ2n) is 2.79. The summed E-state index contributed by atoms with van der Waals surface area (Å²) in [6, 6.07) is 0. The van der Waals surface area contributed by atoms with Gasteiger partial charge in [-0.1, -0.05) is 11.8 Å². The molecule has 0 fully saturated rings. The highest BCUT2D eigenvalue weighted by molar-refractivity contribution is 7.99. The van der Waals surface area contributed by atoms with Crippen LogP contribution in [0.15, 0.2) is 17.6 Å². The molecule has 0 bridgehead atoms. The summed E-state index contributed by atoms with van der Waals surface area (Å²) >= 11 is 1.59. The largest absolute Gasteiger partial charge is 0.379 e. The second-order valence-corrected chi connectivity index (χ2v) is 3.85. The van der Waals surface area contributed by atoms with E-state index in [2.05, 4.69) is 9.97 Å². The van der Waals surface area contributed by atoms with Crippen molar-refractivity contribution in [3.05, 3.63) is 18.0 Å². The van der Waals surface area contributed by atoms with Crippen molar-refractivity contribution >= 4 is 11.8 Å². The maximum Gasteiger partial charge on any atom is 0.187 e. The van der Waals surface area contributed by atoms with Crippen molar-refractivity contribution in [2.75, 3.05) is 25.5 Å². The van der Waals surface area contributed by atoms with Gasteiger partial charge >= 0.3 is 0 Å². The predicted molar refractivity (Wildman–Crippen MR) is 57.4 cm³/mol. The summed E-state index contributed by atoms with van der Waals surface area (Å²) in [5.74, 6) is 0.864. The lowest BCUT2D eigenvalue weighted by atomic mass is 10.4. The minimum absolute atomic E-state index is 0.575. The molecule has 0 aliphatic heterocycles. The van der Waals surface area contributed by atoms with Crippen molar-refractivity contribution in [1.29, 1.82) is 0 Å². The molecule has 14 heavy (non-hydrogen) atoms. The molecule has 1 rings (SSSR count). The van der Waals surface area contributed by atoms with Crippen LogP contribution in [0, 0.1) is 6.92 Å². The Morgan fingerprint density at radius 3 is 2.71 bits per heavy atom. The van der Waals surface area contributed by atoms with Crippen LogP contribution in [-0.2, 0) is 4.74 Å². The molecule has 0 aliphatic carbocycles. The average Bonchev–Trinajstić information content (AvgIpc) is 2.21. The van der Waals surface area contributed by atoms with Crippen molar-refractivity contribution in [3.63, 3.8) is 0 Å². The van der Waals surface area contributed by atoms with E-state index in [1.807, 2.05) is 19.3 Å². The number of nitrogens with zero attached hydrogens (tertiary/aromatic N) is 2. The summed E-state index contributed by atoms with van der Waals surface area (Å²) < 4.78 is 5.23. The van der Waals surface area contributed by atoms with E-state index in [-0.39, 0.29) is 0 Å². The fourth-order valence-electron chi connectivity index (χ4n) is 0.833. The van der Waals surface area contributed by atoms with Gasteiger partial charge in [0.05, 0.1) is 13.2 Å². The fourth-order valence-corrected chi connectivity index (χ4v) is 1.47. The number of nitrogens with two attached hydrogens (primary N) is 1. The Balaban J connectivity index is 2.15. The lowest BCUT2D eigenvalue weighted by Crippen LogP contribution is -2.09. The smallest absolute Gasteiger partial charge is 0.187 e. The van der Waals surface area contributed by atoms with E-state index in [4.69, 9.17) is 10.5 Å². The Morgan fingerprint density at radius 2 is 2.07 bits per heavy atom. The third-order valence-electron chi connectivity index (χ3n) is 1.48. The SMILES string of the molecule is Cc1cnc(SCCOCCN)nc1. The van der Waals surface area contributed by atoms with Gasteiger partial charge in [0, 0.05) is 24.7 Å². The average molecular weight is 213 g/mol. The Bertz CT molecular complexity index is 253. The summed E-state index contributed by atoms with van der Waals surface area (Å²) in [4.78, 5) is 8.34. The van der Waals surface area contributed by atoms with E-state index >= 15 is 0 Å². The lowest BCUT2D eigenvalue weighted by molar-refractivity contribution is 0.158. The van der Waals surface area contributed by atoms with E-state index in [1.54, 1.807) is 11.8 Å². The molecular weight excluding hydrogens is 198 g/mol.